The highest BCUT2D eigenvalue weighted by molar-refractivity contribution is 5.92. The van der Waals surface area contributed by atoms with E-state index in [1.807, 2.05) is 0 Å². The van der Waals surface area contributed by atoms with Gasteiger partial charge < -0.3 is 14.5 Å². The van der Waals surface area contributed by atoms with Crippen molar-refractivity contribution in [3.63, 3.8) is 0 Å². The van der Waals surface area contributed by atoms with Crippen LogP contribution in [0.15, 0.2) is 6.20 Å². The van der Waals surface area contributed by atoms with Gasteiger partial charge in [-0.1, -0.05) is 5.21 Å². The Hall–Kier alpha value is -2.10. The molecule has 0 bridgehead atoms. The molecule has 0 aromatic carbocycles. The van der Waals surface area contributed by atoms with Crippen molar-refractivity contribution in [2.24, 2.45) is 0 Å². The lowest BCUT2D eigenvalue weighted by atomic mass is 10.2. The summed E-state index contributed by atoms with van der Waals surface area (Å²) in [6.07, 6.45) is 2.95. The predicted molar refractivity (Wildman–Crippen MR) is 86.7 cm³/mol. The molecule has 2 aliphatic rings. The number of amides is 2. The molecule has 1 aromatic heterocycles. The Morgan fingerprint density at radius 1 is 1.35 bits per heavy atom. The summed E-state index contributed by atoms with van der Waals surface area (Å²) in [4.78, 5) is 27.3. The van der Waals surface area contributed by atoms with Crippen LogP contribution in [-0.4, -0.2) is 81.4 Å². The number of hydrogen-bond acceptors (Lipinski definition) is 5. The maximum atomic E-state index is 13.8. The van der Waals surface area contributed by atoms with Crippen molar-refractivity contribution < 1.29 is 23.1 Å². The minimum absolute atomic E-state index is 0.0632. The molecule has 3 heterocycles. The molecule has 3 rings (SSSR count). The molecule has 8 nitrogen and oxygen atoms in total. The minimum Gasteiger partial charge on any atom is -0.372 e. The summed E-state index contributed by atoms with van der Waals surface area (Å²) in [5, 5.41) is 7.75. The lowest BCUT2D eigenvalue weighted by molar-refractivity contribution is -0.138. The fraction of sp³-hybridized carbons (Fsp3) is 0.750. The van der Waals surface area contributed by atoms with E-state index in [1.54, 1.807) is 11.8 Å². The molecule has 2 amide bonds. The zero-order valence-electron chi connectivity index (χ0n) is 14.7. The summed E-state index contributed by atoms with van der Waals surface area (Å²) in [6, 6.07) is -0.714. The van der Waals surface area contributed by atoms with Crippen LogP contribution in [0, 0.1) is 0 Å². The van der Waals surface area contributed by atoms with Crippen LogP contribution in [-0.2, 0) is 16.1 Å². The fourth-order valence-electron chi connectivity index (χ4n) is 3.41. The number of ether oxygens (including phenoxy) is 1. The van der Waals surface area contributed by atoms with Gasteiger partial charge in [0.05, 0.1) is 25.3 Å². The smallest absolute Gasteiger partial charge is 0.276 e. The van der Waals surface area contributed by atoms with Crippen LogP contribution in [0.2, 0.25) is 0 Å². The molecule has 0 saturated carbocycles. The quantitative estimate of drug-likeness (QED) is 0.739. The van der Waals surface area contributed by atoms with E-state index in [-0.39, 0.29) is 24.8 Å². The number of hydrogen-bond donors (Lipinski definition) is 0. The Morgan fingerprint density at radius 2 is 2.08 bits per heavy atom. The average molecular weight is 371 g/mol. The van der Waals surface area contributed by atoms with Crippen LogP contribution >= 0.6 is 0 Å². The van der Waals surface area contributed by atoms with Crippen molar-refractivity contribution in [2.45, 2.75) is 44.7 Å². The summed E-state index contributed by atoms with van der Waals surface area (Å²) in [5.41, 5.74) is 0.198. The Bertz CT molecular complexity index is 660. The number of carbonyl (C=O) groups is 2. The zero-order valence-corrected chi connectivity index (χ0v) is 14.7. The van der Waals surface area contributed by atoms with Gasteiger partial charge in [-0.15, -0.1) is 5.10 Å². The van der Waals surface area contributed by atoms with Crippen molar-refractivity contribution in [2.75, 3.05) is 32.8 Å². The van der Waals surface area contributed by atoms with Crippen LogP contribution in [0.4, 0.5) is 8.78 Å². The van der Waals surface area contributed by atoms with E-state index in [1.165, 1.54) is 10.9 Å². The number of carbonyl (C=O) groups excluding carboxylic acids is 2. The molecular weight excluding hydrogens is 348 g/mol. The minimum atomic E-state index is -2.94. The van der Waals surface area contributed by atoms with E-state index < -0.39 is 30.8 Å². The van der Waals surface area contributed by atoms with E-state index in [0.717, 1.165) is 17.7 Å². The average Bonchev–Trinajstić information content (AvgIpc) is 3.32. The molecule has 0 unspecified atom stereocenters. The first-order chi connectivity index (χ1) is 12.4. The molecule has 26 heavy (non-hydrogen) atoms. The van der Waals surface area contributed by atoms with Gasteiger partial charge in [-0.2, -0.15) is 0 Å². The van der Waals surface area contributed by atoms with E-state index >= 15 is 0 Å². The highest BCUT2D eigenvalue weighted by atomic mass is 19.3. The maximum Gasteiger partial charge on any atom is 0.276 e. The Kier molecular flexibility index (Phi) is 5.49. The van der Waals surface area contributed by atoms with Gasteiger partial charge in [-0.05, 0) is 19.8 Å². The van der Waals surface area contributed by atoms with E-state index in [9.17, 15) is 18.4 Å². The SMILES string of the molecule is CCOCC(=O)N1CC(F)(F)C[C@H]1Cn1cc(C(=O)N2CCCC2)nn1. The topological polar surface area (TPSA) is 80.6 Å². The number of alkyl halides is 2. The summed E-state index contributed by atoms with van der Waals surface area (Å²) >= 11 is 0. The molecule has 1 aromatic rings. The van der Waals surface area contributed by atoms with Crippen molar-refractivity contribution >= 4 is 11.8 Å². The van der Waals surface area contributed by atoms with E-state index in [2.05, 4.69) is 10.3 Å². The van der Waals surface area contributed by atoms with Crippen LogP contribution in [0.1, 0.15) is 36.7 Å². The first-order valence-electron chi connectivity index (χ1n) is 8.84. The maximum absolute atomic E-state index is 13.8. The molecule has 2 aliphatic heterocycles. The number of aromatic nitrogens is 3. The second-order valence-corrected chi connectivity index (χ2v) is 6.70. The molecule has 10 heteroatoms. The highest BCUT2D eigenvalue weighted by Gasteiger charge is 2.47. The molecule has 144 valence electrons. The molecule has 0 spiro atoms. The van der Waals surface area contributed by atoms with Gasteiger partial charge in [-0.25, -0.2) is 13.5 Å². The monoisotopic (exact) mass is 371 g/mol. The molecule has 0 radical (unpaired) electrons. The first-order valence-corrected chi connectivity index (χ1v) is 8.84. The summed E-state index contributed by atoms with van der Waals surface area (Å²) < 4.78 is 34.1. The Labute approximate surface area is 150 Å². The van der Waals surface area contributed by atoms with Crippen molar-refractivity contribution in [1.29, 1.82) is 0 Å². The largest absolute Gasteiger partial charge is 0.372 e. The molecule has 0 N–H and O–H groups in total. The summed E-state index contributed by atoms with van der Waals surface area (Å²) in [7, 11) is 0. The van der Waals surface area contributed by atoms with Gasteiger partial charge in [0.15, 0.2) is 5.69 Å². The van der Waals surface area contributed by atoms with E-state index in [0.29, 0.717) is 19.7 Å². The number of nitrogens with zero attached hydrogens (tertiary/aromatic N) is 5. The van der Waals surface area contributed by atoms with Crippen molar-refractivity contribution in [1.82, 2.24) is 24.8 Å². The summed E-state index contributed by atoms with van der Waals surface area (Å²) in [6.45, 7) is 2.68. The Balaban J connectivity index is 1.66. The zero-order chi connectivity index (χ0) is 18.7. The van der Waals surface area contributed by atoms with Gasteiger partial charge >= 0.3 is 0 Å². The number of halogens is 2. The number of rotatable bonds is 6. The predicted octanol–water partition coefficient (Wildman–Crippen LogP) is 0.787. The third-order valence-electron chi connectivity index (χ3n) is 4.68. The molecular formula is C16H23F2N5O3. The van der Waals surface area contributed by atoms with Gasteiger partial charge in [0.25, 0.3) is 11.8 Å². The second kappa shape index (κ2) is 7.65. The standard InChI is InChI=1S/C16H23F2N5O3/c1-2-26-10-14(24)23-11-16(17,18)7-12(23)8-22-9-13(19-20-22)15(25)21-5-3-4-6-21/h9,12H,2-8,10-11H2,1H3/t12-/m0/s1. The van der Waals surface area contributed by atoms with E-state index in [4.69, 9.17) is 4.74 Å². The van der Waals surface area contributed by atoms with Crippen LogP contribution < -0.4 is 0 Å². The van der Waals surface area contributed by atoms with Crippen LogP contribution in [0.5, 0.6) is 0 Å². The third kappa shape index (κ3) is 4.17. The van der Waals surface area contributed by atoms with Gasteiger partial charge in [0.1, 0.15) is 6.61 Å². The van der Waals surface area contributed by atoms with Gasteiger partial charge in [0.2, 0.25) is 5.91 Å². The highest BCUT2D eigenvalue weighted by Crippen LogP contribution is 2.32. The Morgan fingerprint density at radius 3 is 2.77 bits per heavy atom. The van der Waals surface area contributed by atoms with Crippen LogP contribution in [0.25, 0.3) is 0 Å². The molecule has 2 saturated heterocycles. The number of likely N-dealkylation sites (tertiary alicyclic amines) is 2. The van der Waals surface area contributed by atoms with Gasteiger partial charge in [0, 0.05) is 26.1 Å². The lowest BCUT2D eigenvalue weighted by Crippen LogP contribution is -2.40. The second-order valence-electron chi connectivity index (χ2n) is 6.70. The molecule has 0 aliphatic carbocycles. The molecule has 1 atom stereocenters. The normalized spacial score (nSPS) is 22.2. The molecule has 2 fully saturated rings. The van der Waals surface area contributed by atoms with Gasteiger partial charge in [-0.3, -0.25) is 9.59 Å². The van der Waals surface area contributed by atoms with Crippen LogP contribution in [0.3, 0.4) is 0 Å². The summed E-state index contributed by atoms with van der Waals surface area (Å²) in [5.74, 6) is -3.61. The lowest BCUT2D eigenvalue weighted by Gasteiger charge is -2.23. The van der Waals surface area contributed by atoms with Crippen molar-refractivity contribution in [3.05, 3.63) is 11.9 Å². The first kappa shape index (κ1) is 18.7. The van der Waals surface area contributed by atoms with Crippen molar-refractivity contribution in [3.8, 4) is 0 Å². The fourth-order valence-corrected chi connectivity index (χ4v) is 3.41. The third-order valence-corrected chi connectivity index (χ3v) is 4.68.